The Kier molecular flexibility index (Phi) is 2.53. The van der Waals surface area contributed by atoms with E-state index in [2.05, 4.69) is 41.2 Å². The largest absolute Gasteiger partial charge is 0.507 e. The maximum atomic E-state index is 9.91. The molecule has 92 valence electrons. The van der Waals surface area contributed by atoms with Crippen LogP contribution in [0.4, 0.5) is 0 Å². The summed E-state index contributed by atoms with van der Waals surface area (Å²) in [5.41, 5.74) is 2.94. The Morgan fingerprint density at radius 2 is 2.24 bits per heavy atom. The zero-order chi connectivity index (χ0) is 12.2. The summed E-state index contributed by atoms with van der Waals surface area (Å²) in [7, 11) is 0. The zero-order valence-electron chi connectivity index (χ0n) is 10.3. The van der Waals surface area contributed by atoms with Crippen molar-refractivity contribution < 1.29 is 5.11 Å². The monoisotopic (exact) mass is 295 g/mol. The Morgan fingerprint density at radius 1 is 1.47 bits per heavy atom. The first-order chi connectivity index (χ1) is 8.02. The molecule has 0 radical (unpaired) electrons. The number of phenolic OH excluding ortho intramolecular Hbond substituents is 1. The van der Waals surface area contributed by atoms with Gasteiger partial charge in [0.15, 0.2) is 0 Å². The van der Waals surface area contributed by atoms with Crippen LogP contribution in [0.2, 0.25) is 0 Å². The summed E-state index contributed by atoms with van der Waals surface area (Å²) in [6, 6.07) is 4.64. The van der Waals surface area contributed by atoms with Gasteiger partial charge in [-0.25, -0.2) is 0 Å². The van der Waals surface area contributed by atoms with Crippen molar-refractivity contribution in [3.05, 3.63) is 27.7 Å². The minimum absolute atomic E-state index is 0.210. The molecule has 0 amide bonds. The lowest BCUT2D eigenvalue weighted by atomic mass is 9.59. The molecule has 3 rings (SSSR count). The van der Waals surface area contributed by atoms with Crippen LogP contribution in [0.25, 0.3) is 0 Å². The highest BCUT2D eigenvalue weighted by molar-refractivity contribution is 9.10. The van der Waals surface area contributed by atoms with E-state index in [1.807, 2.05) is 6.07 Å². The highest BCUT2D eigenvalue weighted by Crippen LogP contribution is 2.47. The van der Waals surface area contributed by atoms with Crippen LogP contribution < -0.4 is 5.32 Å². The van der Waals surface area contributed by atoms with Gasteiger partial charge in [-0.3, -0.25) is 0 Å². The van der Waals surface area contributed by atoms with Gasteiger partial charge in [-0.2, -0.15) is 0 Å². The molecule has 2 N–H and O–H groups in total. The van der Waals surface area contributed by atoms with E-state index in [-0.39, 0.29) is 5.41 Å². The second-order valence-corrected chi connectivity index (χ2v) is 6.54. The summed E-state index contributed by atoms with van der Waals surface area (Å²) in [4.78, 5) is 0. The molecule has 3 atom stereocenters. The average molecular weight is 296 g/mol. The minimum atomic E-state index is 0.210. The van der Waals surface area contributed by atoms with E-state index >= 15 is 0 Å². The van der Waals surface area contributed by atoms with Crippen LogP contribution in [0.15, 0.2) is 16.6 Å². The molecule has 2 bridgehead atoms. The summed E-state index contributed by atoms with van der Waals surface area (Å²) >= 11 is 3.42. The summed E-state index contributed by atoms with van der Waals surface area (Å²) in [6.45, 7) is 5.76. The molecule has 0 unspecified atom stereocenters. The van der Waals surface area contributed by atoms with Crippen LogP contribution in [0.1, 0.15) is 31.4 Å². The highest BCUT2D eigenvalue weighted by Gasteiger charge is 2.45. The smallest absolute Gasteiger partial charge is 0.130 e. The van der Waals surface area contributed by atoms with Crippen molar-refractivity contribution in [1.29, 1.82) is 0 Å². The number of rotatable bonds is 0. The molecule has 3 heteroatoms. The molecule has 1 fully saturated rings. The van der Waals surface area contributed by atoms with Crippen LogP contribution in [-0.2, 0) is 11.8 Å². The van der Waals surface area contributed by atoms with Crippen molar-refractivity contribution in [2.24, 2.45) is 5.92 Å². The van der Waals surface area contributed by atoms with E-state index in [0.29, 0.717) is 17.7 Å². The molecular weight excluding hydrogens is 278 g/mol. The van der Waals surface area contributed by atoms with E-state index in [1.54, 1.807) is 0 Å². The van der Waals surface area contributed by atoms with Crippen molar-refractivity contribution in [2.75, 3.05) is 6.54 Å². The van der Waals surface area contributed by atoms with E-state index < -0.39 is 0 Å². The van der Waals surface area contributed by atoms with E-state index in [9.17, 15) is 5.11 Å². The normalized spacial score (nSPS) is 35.5. The van der Waals surface area contributed by atoms with Gasteiger partial charge in [-0.05, 0) is 69.9 Å². The van der Waals surface area contributed by atoms with Gasteiger partial charge in [0.05, 0.1) is 4.47 Å². The fourth-order valence-corrected chi connectivity index (χ4v) is 3.93. The lowest BCUT2D eigenvalue weighted by Crippen LogP contribution is -2.56. The van der Waals surface area contributed by atoms with Crippen LogP contribution in [-0.4, -0.2) is 17.7 Å². The van der Waals surface area contributed by atoms with Crippen molar-refractivity contribution in [3.63, 3.8) is 0 Å². The zero-order valence-corrected chi connectivity index (χ0v) is 11.8. The fraction of sp³-hybridized carbons (Fsp3) is 0.571. The molecule has 0 aromatic heterocycles. The Bertz CT molecular complexity index is 474. The quantitative estimate of drug-likeness (QED) is 0.771. The Labute approximate surface area is 111 Å². The number of halogens is 1. The second-order valence-electron chi connectivity index (χ2n) is 5.68. The van der Waals surface area contributed by atoms with Crippen molar-refractivity contribution >= 4 is 15.9 Å². The van der Waals surface area contributed by atoms with Gasteiger partial charge in [-0.15, -0.1) is 0 Å². The average Bonchev–Trinajstić information content (AvgIpc) is 2.27. The Morgan fingerprint density at radius 3 is 3.00 bits per heavy atom. The van der Waals surface area contributed by atoms with Gasteiger partial charge in [0.2, 0.25) is 0 Å². The third-order valence-corrected chi connectivity index (χ3v) is 5.52. The topological polar surface area (TPSA) is 32.3 Å². The molecule has 0 saturated carbocycles. The molecule has 0 spiro atoms. The number of aromatic hydroxyl groups is 1. The second kappa shape index (κ2) is 3.72. The molecule has 1 saturated heterocycles. The molecule has 1 aromatic carbocycles. The number of piperidine rings is 1. The standard InChI is InChI=1S/C14H18BrNO/c1-8-12-6-9-5-11(15)13(17)7-10(9)14(8,2)3-4-16-12/h5,7-8,12,16-17H,3-4,6H2,1-2H3/t8-,12+,14+/m0/s1. The van der Waals surface area contributed by atoms with Gasteiger partial charge in [0.25, 0.3) is 0 Å². The first kappa shape index (κ1) is 11.5. The summed E-state index contributed by atoms with van der Waals surface area (Å²) in [6.07, 6.45) is 2.23. The highest BCUT2D eigenvalue weighted by atomic mass is 79.9. The molecular formula is C14H18BrNO. The number of nitrogens with one attached hydrogen (secondary N) is 1. The van der Waals surface area contributed by atoms with Crippen molar-refractivity contribution in [3.8, 4) is 5.75 Å². The van der Waals surface area contributed by atoms with Crippen LogP contribution in [0.5, 0.6) is 5.75 Å². The van der Waals surface area contributed by atoms with Gasteiger partial charge in [0, 0.05) is 6.04 Å². The van der Waals surface area contributed by atoms with Crippen molar-refractivity contribution in [1.82, 2.24) is 5.32 Å². The Hall–Kier alpha value is -0.540. The van der Waals surface area contributed by atoms with Gasteiger partial charge >= 0.3 is 0 Å². The fourth-order valence-electron chi connectivity index (χ4n) is 3.54. The van der Waals surface area contributed by atoms with Crippen LogP contribution in [0.3, 0.4) is 0 Å². The third kappa shape index (κ3) is 1.55. The first-order valence-electron chi connectivity index (χ1n) is 6.27. The van der Waals surface area contributed by atoms with E-state index in [4.69, 9.17) is 0 Å². The minimum Gasteiger partial charge on any atom is -0.507 e. The maximum Gasteiger partial charge on any atom is 0.130 e. The summed E-state index contributed by atoms with van der Waals surface area (Å²) in [5.74, 6) is 0.999. The first-order valence-corrected chi connectivity index (χ1v) is 7.07. The van der Waals surface area contributed by atoms with E-state index in [1.165, 1.54) is 11.1 Å². The molecule has 17 heavy (non-hydrogen) atoms. The number of fused-ring (bicyclic) bond motifs is 4. The Balaban J connectivity index is 2.20. The van der Waals surface area contributed by atoms with Crippen LogP contribution >= 0.6 is 15.9 Å². The van der Waals surface area contributed by atoms with Gasteiger partial charge < -0.3 is 10.4 Å². The molecule has 2 nitrogen and oxygen atoms in total. The van der Waals surface area contributed by atoms with Crippen molar-refractivity contribution in [2.45, 2.75) is 38.1 Å². The number of benzene rings is 1. The predicted octanol–water partition coefficient (Wildman–Crippen LogP) is 2.97. The molecule has 1 aliphatic heterocycles. The summed E-state index contributed by atoms with van der Waals surface area (Å²) in [5, 5.41) is 13.5. The third-order valence-electron chi connectivity index (χ3n) is 4.89. The van der Waals surface area contributed by atoms with E-state index in [0.717, 1.165) is 23.9 Å². The number of phenols is 1. The molecule has 2 aliphatic rings. The lowest BCUT2D eigenvalue weighted by Gasteiger charge is -2.50. The van der Waals surface area contributed by atoms with Gasteiger partial charge in [-0.1, -0.05) is 13.8 Å². The number of hydrogen-bond donors (Lipinski definition) is 2. The maximum absolute atomic E-state index is 9.91. The molecule has 1 aromatic rings. The predicted molar refractivity (Wildman–Crippen MR) is 72.4 cm³/mol. The molecule has 1 heterocycles. The van der Waals surface area contributed by atoms with Gasteiger partial charge in [0.1, 0.15) is 5.75 Å². The lowest BCUT2D eigenvalue weighted by molar-refractivity contribution is 0.158. The summed E-state index contributed by atoms with van der Waals surface area (Å²) < 4.78 is 0.812. The molecule has 1 aliphatic carbocycles. The van der Waals surface area contributed by atoms with Crippen LogP contribution in [0, 0.1) is 5.92 Å². The SMILES string of the molecule is C[C@H]1[C@H]2Cc3cc(Br)c(O)cc3[C@]1(C)CCN2. The number of hydrogen-bond acceptors (Lipinski definition) is 2.